The number of benzene rings is 2. The van der Waals surface area contributed by atoms with Crippen molar-refractivity contribution in [2.45, 2.75) is 6.10 Å². The molecule has 2 aromatic heterocycles. The lowest BCUT2D eigenvalue weighted by atomic mass is 9.98. The largest absolute Gasteiger partial charge is 0.480 e. The van der Waals surface area contributed by atoms with Crippen LogP contribution in [0.15, 0.2) is 48.8 Å². The third-order valence-electron chi connectivity index (χ3n) is 5.81. The summed E-state index contributed by atoms with van der Waals surface area (Å²) in [6.45, 7) is 2.96. The predicted molar refractivity (Wildman–Crippen MR) is 126 cm³/mol. The van der Waals surface area contributed by atoms with Crippen LogP contribution >= 0.6 is 11.6 Å². The molecule has 1 unspecified atom stereocenters. The van der Waals surface area contributed by atoms with E-state index in [9.17, 15) is 9.50 Å². The highest BCUT2D eigenvalue weighted by atomic mass is 35.5. The van der Waals surface area contributed by atoms with E-state index < -0.39 is 11.9 Å². The maximum atomic E-state index is 15.0. The van der Waals surface area contributed by atoms with Crippen molar-refractivity contribution in [1.29, 1.82) is 0 Å². The molecule has 0 bridgehead atoms. The summed E-state index contributed by atoms with van der Waals surface area (Å²) in [7, 11) is 1.44. The number of morpholine rings is 1. The van der Waals surface area contributed by atoms with E-state index in [2.05, 4.69) is 25.1 Å². The summed E-state index contributed by atoms with van der Waals surface area (Å²) in [5.74, 6) is -0.261. The Morgan fingerprint density at radius 3 is 2.71 bits per heavy atom. The molecule has 34 heavy (non-hydrogen) atoms. The number of fused-ring (bicyclic) bond motifs is 1. The van der Waals surface area contributed by atoms with Crippen molar-refractivity contribution in [2.75, 3.05) is 38.3 Å². The molecule has 1 aliphatic heterocycles. The van der Waals surface area contributed by atoms with Gasteiger partial charge >= 0.3 is 0 Å². The fraction of sp³-hybridized carbons (Fsp3) is 0.250. The van der Waals surface area contributed by atoms with Crippen molar-refractivity contribution in [3.05, 3.63) is 70.9 Å². The Hall–Kier alpha value is -3.40. The minimum Gasteiger partial charge on any atom is -0.480 e. The number of hydrogen-bond acceptors (Lipinski definition) is 8. The first-order valence-electron chi connectivity index (χ1n) is 10.7. The van der Waals surface area contributed by atoms with Crippen molar-refractivity contribution >= 4 is 28.2 Å². The van der Waals surface area contributed by atoms with Crippen LogP contribution in [0, 0.1) is 5.82 Å². The summed E-state index contributed by atoms with van der Waals surface area (Å²) in [5.41, 5.74) is 3.12. The lowest BCUT2D eigenvalue weighted by Gasteiger charge is -2.29. The summed E-state index contributed by atoms with van der Waals surface area (Å²) < 4.78 is 25.5. The molecule has 0 radical (unpaired) electrons. The van der Waals surface area contributed by atoms with Crippen LogP contribution < -0.4 is 9.64 Å². The number of nitrogens with zero attached hydrogens (tertiary/aromatic N) is 5. The molecule has 2 aromatic carbocycles. The Morgan fingerprint density at radius 1 is 1.09 bits per heavy atom. The number of anilines is 1. The molecular weight excluding hydrogens is 461 g/mol. The van der Waals surface area contributed by atoms with Gasteiger partial charge in [0, 0.05) is 41.4 Å². The normalized spacial score (nSPS) is 14.9. The average Bonchev–Trinajstić information content (AvgIpc) is 2.89. The van der Waals surface area contributed by atoms with E-state index in [1.807, 2.05) is 18.2 Å². The number of ether oxygens (including phenoxy) is 2. The number of halogens is 2. The Bertz CT molecular complexity index is 1350. The van der Waals surface area contributed by atoms with E-state index in [1.165, 1.54) is 31.6 Å². The Kier molecular flexibility index (Phi) is 6.23. The van der Waals surface area contributed by atoms with Gasteiger partial charge in [-0.05, 0) is 35.9 Å². The van der Waals surface area contributed by atoms with Gasteiger partial charge in [0.1, 0.15) is 18.2 Å². The van der Waals surface area contributed by atoms with Crippen LogP contribution in [0.25, 0.3) is 22.2 Å². The molecule has 4 aromatic rings. The Balaban J connectivity index is 1.55. The molecule has 5 rings (SSSR count). The number of aromatic nitrogens is 4. The molecule has 1 atom stereocenters. The fourth-order valence-electron chi connectivity index (χ4n) is 4.02. The molecule has 0 amide bonds. The number of aliphatic hydroxyl groups is 1. The minimum atomic E-state index is -1.17. The highest BCUT2D eigenvalue weighted by molar-refractivity contribution is 6.30. The molecule has 0 spiro atoms. The third kappa shape index (κ3) is 4.25. The summed E-state index contributed by atoms with van der Waals surface area (Å²) in [4.78, 5) is 11.0. The number of methoxy groups -OCH3 is 1. The molecule has 174 valence electrons. The van der Waals surface area contributed by atoms with Gasteiger partial charge in [-0.1, -0.05) is 17.7 Å². The monoisotopic (exact) mass is 481 g/mol. The van der Waals surface area contributed by atoms with E-state index in [4.69, 9.17) is 21.1 Å². The zero-order chi connectivity index (χ0) is 23.7. The van der Waals surface area contributed by atoms with Gasteiger partial charge < -0.3 is 19.5 Å². The van der Waals surface area contributed by atoms with Crippen LogP contribution in [0.3, 0.4) is 0 Å². The van der Waals surface area contributed by atoms with Crippen LogP contribution in [-0.4, -0.2) is 58.7 Å². The van der Waals surface area contributed by atoms with Gasteiger partial charge in [-0.15, -0.1) is 10.2 Å². The molecule has 1 saturated heterocycles. The summed E-state index contributed by atoms with van der Waals surface area (Å²) >= 11 is 6.15. The standard InChI is InChI=1S/C24H21ClFN5O3/c1-33-21-12-18(24(25)30-29-21)23(32)14-2-5-19(26)17(10-14)22-16-4-3-15(11-20(16)27-13-28-22)31-6-8-34-9-7-31/h2-5,10-13,23,32H,6-9H2,1H3. The first-order chi connectivity index (χ1) is 16.5. The van der Waals surface area contributed by atoms with Crippen LogP contribution in [-0.2, 0) is 4.74 Å². The number of aliphatic hydroxyl groups excluding tert-OH is 1. The molecule has 8 nitrogen and oxygen atoms in total. The summed E-state index contributed by atoms with van der Waals surface area (Å²) in [6, 6.07) is 11.7. The zero-order valence-electron chi connectivity index (χ0n) is 18.3. The second-order valence-corrected chi connectivity index (χ2v) is 8.16. The van der Waals surface area contributed by atoms with Crippen molar-refractivity contribution in [3.63, 3.8) is 0 Å². The van der Waals surface area contributed by atoms with Gasteiger partial charge in [0.15, 0.2) is 5.15 Å². The van der Waals surface area contributed by atoms with E-state index in [0.717, 1.165) is 18.8 Å². The van der Waals surface area contributed by atoms with E-state index >= 15 is 0 Å². The summed E-state index contributed by atoms with van der Waals surface area (Å²) in [5, 5.41) is 19.3. The van der Waals surface area contributed by atoms with Gasteiger partial charge in [-0.2, -0.15) is 0 Å². The Labute approximate surface area is 200 Å². The van der Waals surface area contributed by atoms with Crippen molar-refractivity contribution in [3.8, 4) is 17.1 Å². The SMILES string of the molecule is COc1cc(C(O)c2ccc(F)c(-c3ncnc4cc(N5CCOCC5)ccc34)c2)c(Cl)nn1. The topological polar surface area (TPSA) is 93.5 Å². The molecular formula is C24H21ClFN5O3. The van der Waals surface area contributed by atoms with Crippen molar-refractivity contribution in [1.82, 2.24) is 20.2 Å². The van der Waals surface area contributed by atoms with Crippen LogP contribution in [0.5, 0.6) is 5.88 Å². The molecule has 0 saturated carbocycles. The highest BCUT2D eigenvalue weighted by Crippen LogP contribution is 2.34. The molecule has 1 aliphatic rings. The van der Waals surface area contributed by atoms with Crippen LogP contribution in [0.4, 0.5) is 10.1 Å². The van der Waals surface area contributed by atoms with E-state index in [1.54, 1.807) is 6.07 Å². The number of hydrogen-bond donors (Lipinski definition) is 1. The average molecular weight is 482 g/mol. The van der Waals surface area contributed by atoms with Crippen LogP contribution in [0.2, 0.25) is 5.15 Å². The van der Waals surface area contributed by atoms with Gasteiger partial charge in [-0.3, -0.25) is 0 Å². The Morgan fingerprint density at radius 2 is 1.91 bits per heavy atom. The zero-order valence-corrected chi connectivity index (χ0v) is 19.0. The molecule has 3 heterocycles. The summed E-state index contributed by atoms with van der Waals surface area (Å²) in [6.07, 6.45) is 0.245. The lowest BCUT2D eigenvalue weighted by molar-refractivity contribution is 0.122. The predicted octanol–water partition coefficient (Wildman–Crippen LogP) is 3.81. The second kappa shape index (κ2) is 9.46. The third-order valence-corrected chi connectivity index (χ3v) is 6.11. The lowest BCUT2D eigenvalue weighted by Crippen LogP contribution is -2.36. The first kappa shape index (κ1) is 22.4. The maximum absolute atomic E-state index is 15.0. The van der Waals surface area contributed by atoms with Crippen LogP contribution in [0.1, 0.15) is 17.2 Å². The smallest absolute Gasteiger partial charge is 0.233 e. The molecule has 0 aliphatic carbocycles. The second-order valence-electron chi connectivity index (χ2n) is 7.80. The number of rotatable bonds is 5. The molecule has 10 heteroatoms. The maximum Gasteiger partial charge on any atom is 0.233 e. The minimum absolute atomic E-state index is 0.0299. The highest BCUT2D eigenvalue weighted by Gasteiger charge is 2.20. The van der Waals surface area contributed by atoms with Gasteiger partial charge in [-0.25, -0.2) is 14.4 Å². The van der Waals surface area contributed by atoms with Gasteiger partial charge in [0.2, 0.25) is 5.88 Å². The van der Waals surface area contributed by atoms with Crippen molar-refractivity contribution in [2.24, 2.45) is 0 Å². The van der Waals surface area contributed by atoms with Gasteiger partial charge in [0.25, 0.3) is 0 Å². The molecule has 1 N–H and O–H groups in total. The van der Waals surface area contributed by atoms with Crippen molar-refractivity contribution < 1.29 is 19.0 Å². The first-order valence-corrected chi connectivity index (χ1v) is 11.1. The molecule has 1 fully saturated rings. The fourth-order valence-corrected chi connectivity index (χ4v) is 4.21. The quantitative estimate of drug-likeness (QED) is 0.460. The van der Waals surface area contributed by atoms with E-state index in [0.29, 0.717) is 40.9 Å². The van der Waals surface area contributed by atoms with E-state index in [-0.39, 0.29) is 16.6 Å². The van der Waals surface area contributed by atoms with Gasteiger partial charge in [0.05, 0.1) is 31.5 Å².